The van der Waals surface area contributed by atoms with Crippen molar-refractivity contribution in [2.45, 2.75) is 12.8 Å². The zero-order valence-electron chi connectivity index (χ0n) is 24.6. The number of hydrogen-bond donors (Lipinski definition) is 0. The first-order valence-corrected chi connectivity index (χ1v) is 15.5. The molecule has 0 saturated heterocycles. The van der Waals surface area contributed by atoms with E-state index < -0.39 is 0 Å². The van der Waals surface area contributed by atoms with Crippen molar-refractivity contribution in [3.63, 3.8) is 0 Å². The van der Waals surface area contributed by atoms with Crippen LogP contribution in [0.25, 0.3) is 72.4 Å². The Kier molecular flexibility index (Phi) is 5.85. The van der Waals surface area contributed by atoms with Crippen LogP contribution >= 0.6 is 0 Å². The van der Waals surface area contributed by atoms with Crippen LogP contribution in [-0.2, 0) is 6.42 Å². The van der Waals surface area contributed by atoms with Crippen LogP contribution in [0.2, 0.25) is 0 Å². The molecule has 2 nitrogen and oxygen atoms in total. The number of hydrogen-bond acceptors (Lipinski definition) is 0. The molecular formula is C42H29FN2. The highest BCUT2D eigenvalue weighted by molar-refractivity contribution is 6.09. The Morgan fingerprint density at radius 1 is 0.467 bits per heavy atom. The Morgan fingerprint density at radius 3 is 1.93 bits per heavy atom. The molecule has 0 radical (unpaired) electrons. The molecule has 8 aromatic rings. The lowest BCUT2D eigenvalue weighted by Crippen LogP contribution is -2.00. The van der Waals surface area contributed by atoms with E-state index in [9.17, 15) is 0 Å². The van der Waals surface area contributed by atoms with E-state index in [2.05, 4.69) is 137 Å². The van der Waals surface area contributed by atoms with E-state index in [1.165, 1.54) is 33.3 Å². The highest BCUT2D eigenvalue weighted by Crippen LogP contribution is 2.38. The third kappa shape index (κ3) is 4.16. The van der Waals surface area contributed by atoms with E-state index in [0.29, 0.717) is 0 Å². The Morgan fingerprint density at radius 2 is 1.13 bits per heavy atom. The first-order valence-electron chi connectivity index (χ1n) is 15.5. The van der Waals surface area contributed by atoms with Crippen LogP contribution in [0.5, 0.6) is 0 Å². The maximum atomic E-state index is 15.5. The van der Waals surface area contributed by atoms with E-state index in [4.69, 9.17) is 0 Å². The van der Waals surface area contributed by atoms with Crippen LogP contribution in [0.4, 0.5) is 4.39 Å². The Bertz CT molecular complexity index is 2390. The van der Waals surface area contributed by atoms with Gasteiger partial charge in [0.1, 0.15) is 5.82 Å². The molecule has 2 aromatic heterocycles. The summed E-state index contributed by atoms with van der Waals surface area (Å²) >= 11 is 0. The molecule has 9 rings (SSSR count). The molecule has 214 valence electrons. The summed E-state index contributed by atoms with van der Waals surface area (Å²) in [5.41, 5.74) is 12.1. The van der Waals surface area contributed by atoms with Crippen molar-refractivity contribution in [2.24, 2.45) is 0 Å². The van der Waals surface area contributed by atoms with Crippen molar-refractivity contribution in [1.29, 1.82) is 0 Å². The Balaban J connectivity index is 1.20. The maximum Gasteiger partial charge on any atom is 0.125 e. The van der Waals surface area contributed by atoms with Crippen molar-refractivity contribution in [1.82, 2.24) is 9.13 Å². The molecule has 0 amide bonds. The summed E-state index contributed by atoms with van der Waals surface area (Å²) in [5, 5.41) is 3.61. The third-order valence-electron chi connectivity index (χ3n) is 9.22. The number of allylic oxidation sites excluding steroid dienone is 1. The van der Waals surface area contributed by atoms with E-state index >= 15 is 4.39 Å². The predicted molar refractivity (Wildman–Crippen MR) is 186 cm³/mol. The van der Waals surface area contributed by atoms with Crippen LogP contribution in [0.3, 0.4) is 0 Å². The molecule has 0 N–H and O–H groups in total. The third-order valence-corrected chi connectivity index (χ3v) is 9.22. The van der Waals surface area contributed by atoms with E-state index in [1.807, 2.05) is 12.1 Å². The summed E-state index contributed by atoms with van der Waals surface area (Å²) in [6.45, 7) is 0. The van der Waals surface area contributed by atoms with Gasteiger partial charge in [-0.1, -0.05) is 91.0 Å². The monoisotopic (exact) mass is 580 g/mol. The molecule has 6 aromatic carbocycles. The van der Waals surface area contributed by atoms with Crippen molar-refractivity contribution >= 4 is 38.8 Å². The van der Waals surface area contributed by atoms with Crippen molar-refractivity contribution in [3.05, 3.63) is 163 Å². The summed E-state index contributed by atoms with van der Waals surface area (Å²) in [4.78, 5) is 0. The maximum absolute atomic E-state index is 15.5. The molecule has 0 fully saturated rings. The summed E-state index contributed by atoms with van der Waals surface area (Å²) in [6.07, 6.45) is 6.58. The first-order chi connectivity index (χ1) is 22.2. The molecular weight excluding hydrogens is 551 g/mol. The topological polar surface area (TPSA) is 9.86 Å². The van der Waals surface area contributed by atoms with Crippen molar-refractivity contribution in [3.8, 4) is 33.6 Å². The zero-order valence-corrected chi connectivity index (χ0v) is 24.6. The van der Waals surface area contributed by atoms with Crippen LogP contribution in [0.1, 0.15) is 17.7 Å². The number of aryl methyl sites for hydroxylation is 1. The fraction of sp³-hybridized carbons (Fsp3) is 0.0476. The van der Waals surface area contributed by atoms with Crippen molar-refractivity contribution in [2.75, 3.05) is 0 Å². The molecule has 0 saturated carbocycles. The lowest BCUT2D eigenvalue weighted by atomic mass is 9.98. The molecule has 45 heavy (non-hydrogen) atoms. The normalized spacial score (nSPS) is 12.7. The molecule has 0 spiro atoms. The minimum absolute atomic E-state index is 0.255. The van der Waals surface area contributed by atoms with E-state index in [-0.39, 0.29) is 5.82 Å². The van der Waals surface area contributed by atoms with Gasteiger partial charge in [-0.05, 0) is 101 Å². The zero-order chi connectivity index (χ0) is 29.9. The molecule has 1 aliphatic rings. The van der Waals surface area contributed by atoms with Gasteiger partial charge in [-0.25, -0.2) is 4.39 Å². The number of benzene rings is 6. The van der Waals surface area contributed by atoms with Crippen molar-refractivity contribution < 1.29 is 4.39 Å². The standard InChI is InChI=1S/C42H29FN2/c43-32-23-31(25-34(27-32)45-39-18-7-4-15-35(39)36-16-5-8-19-40(36)45)29-13-10-14-33(24-29)44-41-20-9-6-17-37(41)38-26-30(21-22-42(38)44)28-11-2-1-3-12-28/h1-5,7-16,18-27H,6,17H2. The van der Waals surface area contributed by atoms with Gasteiger partial charge in [0.2, 0.25) is 0 Å². The van der Waals surface area contributed by atoms with Gasteiger partial charge in [-0.2, -0.15) is 0 Å². The number of para-hydroxylation sites is 2. The SMILES string of the molecule is Fc1cc(-c2cccc(-n3c4c(c5cc(-c6ccccc6)ccc53)CCC=C4)c2)cc(-n2c3ccccc3c3ccccc32)c1. The largest absolute Gasteiger partial charge is 0.310 e. The second kappa shape index (κ2) is 10.2. The fourth-order valence-corrected chi connectivity index (χ4v) is 7.22. The average Bonchev–Trinajstić information content (AvgIpc) is 3.61. The predicted octanol–water partition coefficient (Wildman–Crippen LogP) is 11.2. The van der Waals surface area contributed by atoms with Gasteiger partial charge in [-0.3, -0.25) is 0 Å². The molecule has 0 unspecified atom stereocenters. The smallest absolute Gasteiger partial charge is 0.125 e. The number of rotatable bonds is 4. The van der Waals surface area contributed by atoms with Gasteiger partial charge >= 0.3 is 0 Å². The second-order valence-corrected chi connectivity index (χ2v) is 11.9. The van der Waals surface area contributed by atoms with Crippen LogP contribution in [-0.4, -0.2) is 9.13 Å². The quantitative estimate of drug-likeness (QED) is 0.196. The van der Waals surface area contributed by atoms with Crippen LogP contribution < -0.4 is 0 Å². The molecule has 1 aliphatic carbocycles. The van der Waals surface area contributed by atoms with Crippen LogP contribution in [0, 0.1) is 5.82 Å². The summed E-state index contributed by atoms with van der Waals surface area (Å²) in [7, 11) is 0. The molecule has 2 heterocycles. The minimum atomic E-state index is -0.255. The first kappa shape index (κ1) is 25.8. The molecule has 0 atom stereocenters. The Hall–Kier alpha value is -5.67. The molecule has 0 bridgehead atoms. The summed E-state index contributed by atoms with van der Waals surface area (Å²) < 4.78 is 20.0. The van der Waals surface area contributed by atoms with Gasteiger partial charge in [0, 0.05) is 33.2 Å². The van der Waals surface area contributed by atoms with Gasteiger partial charge in [0.05, 0.1) is 16.6 Å². The lowest BCUT2D eigenvalue weighted by molar-refractivity contribution is 0.627. The number of nitrogens with zero attached hydrogens (tertiary/aromatic N) is 2. The number of aromatic nitrogens is 2. The number of fused-ring (bicyclic) bond motifs is 6. The summed E-state index contributed by atoms with van der Waals surface area (Å²) in [5.74, 6) is -0.255. The Labute approximate surface area is 260 Å². The second-order valence-electron chi connectivity index (χ2n) is 11.9. The molecule has 0 aliphatic heterocycles. The van der Waals surface area contributed by atoms with E-state index in [0.717, 1.165) is 57.1 Å². The van der Waals surface area contributed by atoms with Gasteiger partial charge in [0.15, 0.2) is 0 Å². The molecule has 3 heteroatoms. The lowest BCUT2D eigenvalue weighted by Gasteiger charge is -2.14. The summed E-state index contributed by atoms with van der Waals surface area (Å²) in [6, 6.07) is 48.0. The minimum Gasteiger partial charge on any atom is -0.310 e. The number of halogens is 1. The van der Waals surface area contributed by atoms with E-state index in [1.54, 1.807) is 12.1 Å². The van der Waals surface area contributed by atoms with Crippen LogP contribution in [0.15, 0.2) is 146 Å². The van der Waals surface area contributed by atoms with Gasteiger partial charge in [-0.15, -0.1) is 0 Å². The van der Waals surface area contributed by atoms with Gasteiger partial charge in [0.25, 0.3) is 0 Å². The fourth-order valence-electron chi connectivity index (χ4n) is 7.22. The average molecular weight is 581 g/mol. The van der Waals surface area contributed by atoms with Gasteiger partial charge < -0.3 is 9.13 Å². The highest BCUT2D eigenvalue weighted by Gasteiger charge is 2.20. The highest BCUT2D eigenvalue weighted by atomic mass is 19.1.